The molecule has 0 saturated carbocycles. The summed E-state index contributed by atoms with van der Waals surface area (Å²) < 4.78 is 4.80. The topological polar surface area (TPSA) is 56.0 Å². The second-order valence-electron chi connectivity index (χ2n) is 2.04. The molecule has 4 heteroatoms. The number of hydrogen-bond donors (Lipinski definition) is 0. The first-order chi connectivity index (χ1) is 5.42. The molecule has 54 valence electrons. The standard InChI is InChI=1S/C7H4N2O2/c10-4-5-7-6(11-9-5)2-1-3-8-7/h1-4H. The summed E-state index contributed by atoms with van der Waals surface area (Å²) in [5.74, 6) is 0. The summed E-state index contributed by atoms with van der Waals surface area (Å²) in [6.45, 7) is 0. The van der Waals surface area contributed by atoms with Gasteiger partial charge in [-0.25, -0.2) is 0 Å². The molecule has 4 nitrogen and oxygen atoms in total. The van der Waals surface area contributed by atoms with Gasteiger partial charge in [0.05, 0.1) is 0 Å². The molecule has 2 aromatic rings. The normalized spacial score (nSPS) is 10.2. The number of carbonyl (C=O) groups is 1. The Labute approximate surface area is 61.8 Å². The molecule has 2 rings (SSSR count). The van der Waals surface area contributed by atoms with Crippen LogP contribution in [-0.4, -0.2) is 16.4 Å². The fraction of sp³-hybridized carbons (Fsp3) is 0. The third kappa shape index (κ3) is 0.797. The van der Waals surface area contributed by atoms with Gasteiger partial charge in [-0.2, -0.15) is 0 Å². The van der Waals surface area contributed by atoms with E-state index < -0.39 is 0 Å². The van der Waals surface area contributed by atoms with Crippen molar-refractivity contribution < 1.29 is 9.32 Å². The van der Waals surface area contributed by atoms with Crippen molar-refractivity contribution in [1.82, 2.24) is 10.1 Å². The van der Waals surface area contributed by atoms with E-state index in [2.05, 4.69) is 10.1 Å². The van der Waals surface area contributed by atoms with Crippen LogP contribution >= 0.6 is 0 Å². The summed E-state index contributed by atoms with van der Waals surface area (Å²) in [4.78, 5) is 14.2. The Kier molecular flexibility index (Phi) is 1.18. The third-order valence-corrected chi connectivity index (χ3v) is 1.37. The van der Waals surface area contributed by atoms with Crippen LogP contribution < -0.4 is 0 Å². The van der Waals surface area contributed by atoms with Crippen LogP contribution in [0, 0.1) is 0 Å². The van der Waals surface area contributed by atoms with Crippen LogP contribution in [0.15, 0.2) is 22.9 Å². The van der Waals surface area contributed by atoms with E-state index >= 15 is 0 Å². The molecule has 0 spiro atoms. The highest BCUT2D eigenvalue weighted by Crippen LogP contribution is 2.12. The number of aldehydes is 1. The van der Waals surface area contributed by atoms with Gasteiger partial charge in [0.15, 0.2) is 17.6 Å². The average Bonchev–Trinajstić information content (AvgIpc) is 2.47. The Balaban J connectivity index is 2.86. The lowest BCUT2D eigenvalue weighted by atomic mass is 10.3. The molecule has 0 bridgehead atoms. The van der Waals surface area contributed by atoms with Gasteiger partial charge in [0.25, 0.3) is 0 Å². The average molecular weight is 148 g/mol. The van der Waals surface area contributed by atoms with Gasteiger partial charge < -0.3 is 4.52 Å². The summed E-state index contributed by atoms with van der Waals surface area (Å²) in [5.41, 5.74) is 1.30. The van der Waals surface area contributed by atoms with E-state index in [4.69, 9.17) is 4.52 Å². The fourth-order valence-electron chi connectivity index (χ4n) is 0.875. The van der Waals surface area contributed by atoms with Crippen LogP contribution in [0.3, 0.4) is 0 Å². The molecule has 0 aliphatic rings. The Hall–Kier alpha value is -1.71. The Morgan fingerprint density at radius 1 is 1.55 bits per heavy atom. The number of rotatable bonds is 1. The van der Waals surface area contributed by atoms with Gasteiger partial charge in [0.2, 0.25) is 0 Å². The zero-order chi connectivity index (χ0) is 7.68. The van der Waals surface area contributed by atoms with Crippen molar-refractivity contribution in [2.75, 3.05) is 0 Å². The highest BCUT2D eigenvalue weighted by Gasteiger charge is 2.05. The molecule has 11 heavy (non-hydrogen) atoms. The van der Waals surface area contributed by atoms with Crippen LogP contribution in [0.5, 0.6) is 0 Å². The number of fused-ring (bicyclic) bond motifs is 1. The Morgan fingerprint density at radius 2 is 2.45 bits per heavy atom. The van der Waals surface area contributed by atoms with E-state index in [0.29, 0.717) is 17.4 Å². The molecule has 0 fully saturated rings. The minimum atomic E-state index is 0.251. The molecule has 0 aliphatic heterocycles. The lowest BCUT2D eigenvalue weighted by Crippen LogP contribution is -1.80. The lowest BCUT2D eigenvalue weighted by molar-refractivity contribution is 0.111. The zero-order valence-electron chi connectivity index (χ0n) is 5.52. The predicted octanol–water partition coefficient (Wildman–Crippen LogP) is 1.04. The maximum atomic E-state index is 10.3. The number of aromatic nitrogens is 2. The maximum absolute atomic E-state index is 10.3. The number of nitrogens with zero attached hydrogens (tertiary/aromatic N) is 2. The number of carbonyl (C=O) groups excluding carboxylic acids is 1. The smallest absolute Gasteiger partial charge is 0.186 e. The van der Waals surface area contributed by atoms with Crippen LogP contribution in [-0.2, 0) is 0 Å². The molecule has 0 radical (unpaired) electrons. The first-order valence-corrected chi connectivity index (χ1v) is 3.07. The first-order valence-electron chi connectivity index (χ1n) is 3.07. The van der Waals surface area contributed by atoms with Crippen LogP contribution in [0.1, 0.15) is 10.5 Å². The van der Waals surface area contributed by atoms with E-state index in [1.807, 2.05) is 0 Å². The minimum absolute atomic E-state index is 0.251. The van der Waals surface area contributed by atoms with Crippen molar-refractivity contribution in [2.24, 2.45) is 0 Å². The van der Waals surface area contributed by atoms with Gasteiger partial charge in [-0.05, 0) is 12.1 Å². The van der Waals surface area contributed by atoms with Gasteiger partial charge in [-0.3, -0.25) is 9.78 Å². The molecule has 0 N–H and O–H groups in total. The van der Waals surface area contributed by atoms with Crippen molar-refractivity contribution in [2.45, 2.75) is 0 Å². The molecular weight excluding hydrogens is 144 g/mol. The highest BCUT2D eigenvalue weighted by atomic mass is 16.5. The van der Waals surface area contributed by atoms with Crippen molar-refractivity contribution in [3.8, 4) is 0 Å². The fourth-order valence-corrected chi connectivity index (χ4v) is 0.875. The molecule has 0 saturated heterocycles. The second kappa shape index (κ2) is 2.16. The van der Waals surface area contributed by atoms with Gasteiger partial charge in [-0.1, -0.05) is 5.16 Å². The van der Waals surface area contributed by atoms with Gasteiger partial charge >= 0.3 is 0 Å². The van der Waals surface area contributed by atoms with E-state index in [0.717, 1.165) is 0 Å². The second-order valence-corrected chi connectivity index (χ2v) is 2.04. The summed E-state index contributed by atoms with van der Waals surface area (Å²) >= 11 is 0. The number of pyridine rings is 1. The predicted molar refractivity (Wildman–Crippen MR) is 37.2 cm³/mol. The van der Waals surface area contributed by atoms with E-state index in [1.54, 1.807) is 18.3 Å². The summed E-state index contributed by atoms with van der Waals surface area (Å²) in [7, 11) is 0. The summed E-state index contributed by atoms with van der Waals surface area (Å²) in [6, 6.07) is 3.43. The molecular formula is C7H4N2O2. The molecule has 2 aromatic heterocycles. The minimum Gasteiger partial charge on any atom is -0.354 e. The van der Waals surface area contributed by atoms with Crippen molar-refractivity contribution in [1.29, 1.82) is 0 Å². The van der Waals surface area contributed by atoms with Crippen molar-refractivity contribution in [3.63, 3.8) is 0 Å². The lowest BCUT2D eigenvalue weighted by Gasteiger charge is -1.81. The van der Waals surface area contributed by atoms with Crippen molar-refractivity contribution >= 4 is 17.4 Å². The largest absolute Gasteiger partial charge is 0.354 e. The Bertz CT molecular complexity index is 394. The van der Waals surface area contributed by atoms with Gasteiger partial charge in [0, 0.05) is 6.20 Å². The van der Waals surface area contributed by atoms with E-state index in [-0.39, 0.29) is 5.69 Å². The summed E-state index contributed by atoms with van der Waals surface area (Å²) in [5, 5.41) is 3.51. The molecule has 0 aromatic carbocycles. The number of hydrogen-bond acceptors (Lipinski definition) is 4. The zero-order valence-corrected chi connectivity index (χ0v) is 5.52. The molecule has 0 amide bonds. The van der Waals surface area contributed by atoms with Gasteiger partial charge in [-0.15, -0.1) is 0 Å². The molecule has 0 aliphatic carbocycles. The Morgan fingerprint density at radius 3 is 3.27 bits per heavy atom. The maximum Gasteiger partial charge on any atom is 0.186 e. The highest BCUT2D eigenvalue weighted by molar-refractivity contribution is 5.90. The third-order valence-electron chi connectivity index (χ3n) is 1.37. The van der Waals surface area contributed by atoms with Crippen LogP contribution in [0.2, 0.25) is 0 Å². The van der Waals surface area contributed by atoms with E-state index in [1.165, 1.54) is 0 Å². The van der Waals surface area contributed by atoms with Gasteiger partial charge in [0.1, 0.15) is 5.52 Å². The molecule has 0 atom stereocenters. The van der Waals surface area contributed by atoms with E-state index in [9.17, 15) is 4.79 Å². The molecule has 2 heterocycles. The monoisotopic (exact) mass is 148 g/mol. The summed E-state index contributed by atoms with van der Waals surface area (Å²) in [6.07, 6.45) is 2.21. The first kappa shape index (κ1) is 6.03. The molecule has 0 unspecified atom stereocenters. The SMILES string of the molecule is O=Cc1noc2cccnc12. The van der Waals surface area contributed by atoms with Crippen molar-refractivity contribution in [3.05, 3.63) is 24.0 Å². The van der Waals surface area contributed by atoms with Crippen LogP contribution in [0.4, 0.5) is 0 Å². The quantitative estimate of drug-likeness (QED) is 0.567. The van der Waals surface area contributed by atoms with Crippen LogP contribution in [0.25, 0.3) is 11.1 Å².